The van der Waals surface area contributed by atoms with Crippen molar-refractivity contribution in [2.75, 3.05) is 0 Å². The van der Waals surface area contributed by atoms with Crippen LogP contribution in [-0.2, 0) is 0 Å². The van der Waals surface area contributed by atoms with Gasteiger partial charge in [-0.2, -0.15) is 0 Å². The first-order chi connectivity index (χ1) is 8.52. The lowest BCUT2D eigenvalue weighted by Crippen LogP contribution is -2.47. The van der Waals surface area contributed by atoms with Gasteiger partial charge < -0.3 is 4.90 Å². The summed E-state index contributed by atoms with van der Waals surface area (Å²) >= 11 is 0. The second-order valence-corrected chi connectivity index (χ2v) is 5.28. The maximum absolute atomic E-state index is 14.0. The van der Waals surface area contributed by atoms with Crippen molar-refractivity contribution in [1.29, 1.82) is 0 Å². The largest absolute Gasteiger partial charge is 0.333 e. The predicted molar refractivity (Wildman–Crippen MR) is 70.1 cm³/mol. The highest BCUT2D eigenvalue weighted by molar-refractivity contribution is 5.95. The van der Waals surface area contributed by atoms with Crippen molar-refractivity contribution in [2.24, 2.45) is 0 Å². The molecule has 18 heavy (non-hydrogen) atoms. The highest BCUT2D eigenvalue weighted by atomic mass is 19.1. The molecule has 0 N–H and O–H groups in total. The molecular formula is C15H20FNO. The Morgan fingerprint density at radius 2 is 1.89 bits per heavy atom. The van der Waals surface area contributed by atoms with E-state index < -0.39 is 0 Å². The number of amides is 1. The topological polar surface area (TPSA) is 20.3 Å². The molecule has 0 unspecified atom stereocenters. The highest BCUT2D eigenvalue weighted by Gasteiger charge is 2.30. The zero-order valence-corrected chi connectivity index (χ0v) is 11.2. The minimum Gasteiger partial charge on any atom is -0.333 e. The van der Waals surface area contributed by atoms with Gasteiger partial charge in [-0.3, -0.25) is 4.79 Å². The lowest BCUT2D eigenvalue weighted by atomic mass is 9.96. The van der Waals surface area contributed by atoms with Crippen LogP contribution >= 0.6 is 0 Å². The summed E-state index contributed by atoms with van der Waals surface area (Å²) in [5.41, 5.74) is 0.730. The summed E-state index contributed by atoms with van der Waals surface area (Å²) in [7, 11) is 0. The molecule has 1 aliphatic heterocycles. The molecule has 1 saturated heterocycles. The van der Waals surface area contributed by atoms with Gasteiger partial charge in [0, 0.05) is 12.1 Å². The van der Waals surface area contributed by atoms with Gasteiger partial charge in [-0.1, -0.05) is 12.1 Å². The molecule has 1 aromatic carbocycles. The van der Waals surface area contributed by atoms with E-state index in [0.717, 1.165) is 19.3 Å². The minimum atomic E-state index is -0.382. The van der Waals surface area contributed by atoms with E-state index >= 15 is 0 Å². The molecule has 1 heterocycles. The van der Waals surface area contributed by atoms with E-state index in [9.17, 15) is 9.18 Å². The quantitative estimate of drug-likeness (QED) is 0.745. The van der Waals surface area contributed by atoms with Gasteiger partial charge in [-0.15, -0.1) is 0 Å². The third-order valence-electron chi connectivity index (χ3n) is 3.85. The Bertz CT molecular complexity index is 448. The molecule has 98 valence electrons. The molecule has 0 spiro atoms. The van der Waals surface area contributed by atoms with Crippen LogP contribution < -0.4 is 0 Å². The zero-order chi connectivity index (χ0) is 13.3. The Kier molecular flexibility index (Phi) is 3.69. The zero-order valence-electron chi connectivity index (χ0n) is 11.2. The third kappa shape index (κ3) is 2.26. The van der Waals surface area contributed by atoms with Gasteiger partial charge in [0.25, 0.3) is 5.91 Å². The molecule has 0 saturated carbocycles. The van der Waals surface area contributed by atoms with E-state index in [4.69, 9.17) is 0 Å². The van der Waals surface area contributed by atoms with Crippen molar-refractivity contribution in [3.63, 3.8) is 0 Å². The normalized spacial score (nSPS) is 24.1. The molecule has 0 aromatic heterocycles. The molecule has 0 aliphatic carbocycles. The third-order valence-corrected chi connectivity index (χ3v) is 3.85. The van der Waals surface area contributed by atoms with Gasteiger partial charge in [-0.25, -0.2) is 4.39 Å². The first-order valence-electron chi connectivity index (χ1n) is 6.60. The Labute approximate surface area is 108 Å². The fourth-order valence-electron chi connectivity index (χ4n) is 2.77. The van der Waals surface area contributed by atoms with Crippen LogP contribution in [0, 0.1) is 12.7 Å². The summed E-state index contributed by atoms with van der Waals surface area (Å²) in [5, 5.41) is 0. The number of aryl methyl sites for hydroxylation is 1. The molecular weight excluding hydrogens is 229 g/mol. The number of rotatable bonds is 1. The van der Waals surface area contributed by atoms with E-state index in [1.807, 2.05) is 18.7 Å². The van der Waals surface area contributed by atoms with Crippen LogP contribution in [0.15, 0.2) is 18.2 Å². The Balaban J connectivity index is 2.32. The molecule has 0 radical (unpaired) electrons. The maximum atomic E-state index is 14.0. The molecule has 2 atom stereocenters. The summed E-state index contributed by atoms with van der Waals surface area (Å²) in [5.74, 6) is -0.552. The van der Waals surface area contributed by atoms with E-state index in [-0.39, 0.29) is 29.4 Å². The van der Waals surface area contributed by atoms with Gasteiger partial charge in [0.2, 0.25) is 0 Å². The lowest BCUT2D eigenvalue weighted by molar-refractivity contribution is 0.0506. The van der Waals surface area contributed by atoms with Crippen molar-refractivity contribution in [3.8, 4) is 0 Å². The second-order valence-electron chi connectivity index (χ2n) is 5.28. The summed E-state index contributed by atoms with van der Waals surface area (Å²) in [6, 6.07) is 5.40. The fourth-order valence-corrected chi connectivity index (χ4v) is 2.77. The molecule has 1 aromatic rings. The maximum Gasteiger partial charge on any atom is 0.257 e. The number of carbonyl (C=O) groups excluding carboxylic acids is 1. The monoisotopic (exact) mass is 249 g/mol. The van der Waals surface area contributed by atoms with Crippen LogP contribution in [0.1, 0.15) is 49.0 Å². The van der Waals surface area contributed by atoms with Crippen molar-refractivity contribution < 1.29 is 9.18 Å². The van der Waals surface area contributed by atoms with Crippen molar-refractivity contribution in [2.45, 2.75) is 52.1 Å². The number of carbonyl (C=O) groups is 1. The predicted octanol–water partition coefficient (Wildman–Crippen LogP) is 3.54. The fraction of sp³-hybridized carbons (Fsp3) is 0.533. The first kappa shape index (κ1) is 13.1. The van der Waals surface area contributed by atoms with Crippen LogP contribution in [0.5, 0.6) is 0 Å². The number of nitrogens with zero attached hydrogens (tertiary/aromatic N) is 1. The van der Waals surface area contributed by atoms with Crippen LogP contribution in [0.2, 0.25) is 0 Å². The van der Waals surface area contributed by atoms with Crippen LogP contribution in [0.4, 0.5) is 4.39 Å². The lowest BCUT2D eigenvalue weighted by Gasteiger charge is -2.39. The van der Waals surface area contributed by atoms with Crippen molar-refractivity contribution in [3.05, 3.63) is 35.1 Å². The Morgan fingerprint density at radius 1 is 1.28 bits per heavy atom. The first-order valence-corrected chi connectivity index (χ1v) is 6.60. The summed E-state index contributed by atoms with van der Waals surface area (Å²) in [6.45, 7) is 5.78. The van der Waals surface area contributed by atoms with Crippen molar-refractivity contribution in [1.82, 2.24) is 4.90 Å². The van der Waals surface area contributed by atoms with E-state index in [1.165, 1.54) is 0 Å². The molecule has 3 heteroatoms. The Hall–Kier alpha value is -1.38. The molecule has 0 bridgehead atoms. The summed E-state index contributed by atoms with van der Waals surface area (Å²) in [6.07, 6.45) is 3.15. The minimum absolute atomic E-state index is 0.170. The molecule has 2 rings (SSSR count). The summed E-state index contributed by atoms with van der Waals surface area (Å²) in [4.78, 5) is 14.3. The number of likely N-dealkylation sites (tertiary alicyclic amines) is 1. The average molecular weight is 249 g/mol. The Morgan fingerprint density at radius 3 is 2.50 bits per heavy atom. The SMILES string of the molecule is Cc1cccc(C(=O)N2[C@H](C)CCC[C@@H]2C)c1F. The number of piperidine rings is 1. The van der Waals surface area contributed by atoms with E-state index in [2.05, 4.69) is 0 Å². The number of hydrogen-bond acceptors (Lipinski definition) is 1. The molecule has 1 aliphatic rings. The van der Waals surface area contributed by atoms with Gasteiger partial charge >= 0.3 is 0 Å². The van der Waals surface area contributed by atoms with E-state index in [0.29, 0.717) is 5.56 Å². The smallest absolute Gasteiger partial charge is 0.257 e. The van der Waals surface area contributed by atoms with Crippen LogP contribution in [0.3, 0.4) is 0 Å². The van der Waals surface area contributed by atoms with Crippen LogP contribution in [0.25, 0.3) is 0 Å². The number of halogens is 1. The molecule has 1 amide bonds. The van der Waals surface area contributed by atoms with Gasteiger partial charge in [0.05, 0.1) is 5.56 Å². The molecule has 1 fully saturated rings. The summed E-state index contributed by atoms with van der Waals surface area (Å²) < 4.78 is 14.0. The molecule has 2 nitrogen and oxygen atoms in total. The van der Waals surface area contributed by atoms with E-state index in [1.54, 1.807) is 25.1 Å². The number of benzene rings is 1. The highest BCUT2D eigenvalue weighted by Crippen LogP contribution is 2.25. The second kappa shape index (κ2) is 5.09. The van der Waals surface area contributed by atoms with Crippen molar-refractivity contribution >= 4 is 5.91 Å². The average Bonchev–Trinajstić information content (AvgIpc) is 2.32. The van der Waals surface area contributed by atoms with Gasteiger partial charge in [0.1, 0.15) is 5.82 Å². The number of hydrogen-bond donors (Lipinski definition) is 0. The van der Waals surface area contributed by atoms with Gasteiger partial charge in [-0.05, 0) is 51.7 Å². The van der Waals surface area contributed by atoms with Crippen LogP contribution in [-0.4, -0.2) is 22.9 Å². The standard InChI is InChI=1S/C15H20FNO/c1-10-6-4-9-13(14(10)16)15(18)17-11(2)7-5-8-12(17)3/h4,6,9,11-12H,5,7-8H2,1-3H3/t11-,12+. The van der Waals surface area contributed by atoms with Gasteiger partial charge in [0.15, 0.2) is 0 Å².